The van der Waals surface area contributed by atoms with Crippen LogP contribution in [0.25, 0.3) is 0 Å². The van der Waals surface area contributed by atoms with Gasteiger partial charge in [-0.15, -0.1) is 11.6 Å². The molecule has 0 unspecified atom stereocenters. The van der Waals surface area contributed by atoms with Crippen molar-refractivity contribution in [3.05, 3.63) is 0 Å². The highest BCUT2D eigenvalue weighted by Crippen LogP contribution is 2.64. The van der Waals surface area contributed by atoms with Gasteiger partial charge in [0.1, 0.15) is 0 Å². The molecule has 0 saturated heterocycles. The summed E-state index contributed by atoms with van der Waals surface area (Å²) in [7, 11) is 0. The number of carbonyl (C=O) groups is 3. The van der Waals surface area contributed by atoms with E-state index in [4.69, 9.17) is 16.3 Å². The van der Waals surface area contributed by atoms with E-state index in [1.165, 1.54) is 0 Å². The molecular formula is C17H23ClN2O4. The molecule has 0 aromatic rings. The molecule has 0 aromatic carbocycles. The first kappa shape index (κ1) is 16.2. The molecule has 2 atom stereocenters. The highest BCUT2D eigenvalue weighted by atomic mass is 35.5. The number of halogens is 1. The highest BCUT2D eigenvalue weighted by molar-refractivity contribution is 6.24. The minimum absolute atomic E-state index is 0.173. The maximum absolute atomic E-state index is 12.7. The van der Waals surface area contributed by atoms with E-state index < -0.39 is 24.0 Å². The van der Waals surface area contributed by atoms with Gasteiger partial charge in [-0.2, -0.15) is 0 Å². The molecule has 5 aliphatic carbocycles. The minimum atomic E-state index is -0.591. The second-order valence-electron chi connectivity index (χ2n) is 8.26. The van der Waals surface area contributed by atoms with Gasteiger partial charge >= 0.3 is 12.0 Å². The quantitative estimate of drug-likeness (QED) is 0.598. The van der Waals surface area contributed by atoms with E-state index >= 15 is 0 Å². The van der Waals surface area contributed by atoms with Crippen molar-refractivity contribution in [1.82, 2.24) is 10.6 Å². The molecule has 5 rings (SSSR count). The van der Waals surface area contributed by atoms with Gasteiger partial charge in [-0.3, -0.25) is 14.9 Å². The topological polar surface area (TPSA) is 84.5 Å². The van der Waals surface area contributed by atoms with Gasteiger partial charge < -0.3 is 10.1 Å². The van der Waals surface area contributed by atoms with E-state index in [9.17, 15) is 14.4 Å². The molecule has 24 heavy (non-hydrogen) atoms. The van der Waals surface area contributed by atoms with Crippen LogP contribution < -0.4 is 10.6 Å². The number of amides is 3. The number of hydrogen-bond donors (Lipinski definition) is 2. The Morgan fingerprint density at radius 2 is 1.75 bits per heavy atom. The Morgan fingerprint density at radius 3 is 2.33 bits per heavy atom. The van der Waals surface area contributed by atoms with Crippen molar-refractivity contribution in [2.45, 2.75) is 62.3 Å². The van der Waals surface area contributed by atoms with Crippen LogP contribution >= 0.6 is 11.6 Å². The van der Waals surface area contributed by atoms with Crippen molar-refractivity contribution >= 4 is 29.5 Å². The molecule has 0 spiro atoms. The normalized spacial score (nSPS) is 39.4. The smallest absolute Gasteiger partial charge is 0.321 e. The van der Waals surface area contributed by atoms with Crippen molar-refractivity contribution in [3.63, 3.8) is 0 Å². The van der Waals surface area contributed by atoms with Crippen LogP contribution in [0, 0.1) is 17.3 Å². The first-order valence-electron chi connectivity index (χ1n) is 8.82. The molecule has 5 saturated carbocycles. The molecule has 5 aliphatic rings. The van der Waals surface area contributed by atoms with Gasteiger partial charge in [0.15, 0.2) is 6.61 Å². The minimum Gasteiger partial charge on any atom is -0.455 e. The monoisotopic (exact) mass is 354 g/mol. The zero-order valence-corrected chi connectivity index (χ0v) is 14.4. The number of rotatable bonds is 4. The molecule has 5 fully saturated rings. The number of ether oxygens (including phenoxy) is 1. The summed E-state index contributed by atoms with van der Waals surface area (Å²) in [5.74, 6) is 0.0788. The lowest BCUT2D eigenvalue weighted by Crippen LogP contribution is -2.56. The first-order valence-corrected chi connectivity index (χ1v) is 9.20. The SMILES string of the molecule is O=C(COC(=O)C12C[C@@H]3C[C@H](CC(Cl)(C3)C1)C2)NC(=O)NC1CC1. The summed E-state index contributed by atoms with van der Waals surface area (Å²) in [4.78, 5) is 35.7. The molecule has 0 radical (unpaired) electrons. The van der Waals surface area contributed by atoms with Gasteiger partial charge in [-0.1, -0.05) is 0 Å². The highest BCUT2D eigenvalue weighted by Gasteiger charge is 2.60. The fourth-order valence-corrected chi connectivity index (χ4v) is 5.98. The maximum Gasteiger partial charge on any atom is 0.321 e. The zero-order chi connectivity index (χ0) is 16.9. The van der Waals surface area contributed by atoms with E-state index in [0.717, 1.165) is 44.9 Å². The van der Waals surface area contributed by atoms with Crippen molar-refractivity contribution in [2.75, 3.05) is 6.61 Å². The summed E-state index contributed by atoms with van der Waals surface area (Å²) < 4.78 is 5.27. The molecule has 0 aromatic heterocycles. The van der Waals surface area contributed by atoms with E-state index in [2.05, 4.69) is 10.6 Å². The van der Waals surface area contributed by atoms with Crippen LogP contribution in [0.15, 0.2) is 0 Å². The third kappa shape index (κ3) is 3.13. The third-order valence-corrected chi connectivity index (χ3v) is 6.36. The van der Waals surface area contributed by atoms with Gasteiger partial charge in [0.2, 0.25) is 0 Å². The van der Waals surface area contributed by atoms with Crippen molar-refractivity contribution in [2.24, 2.45) is 17.3 Å². The average Bonchev–Trinajstić information content (AvgIpc) is 3.25. The number of hydrogen-bond acceptors (Lipinski definition) is 4. The third-order valence-electron chi connectivity index (χ3n) is 5.92. The molecule has 0 aliphatic heterocycles. The van der Waals surface area contributed by atoms with Crippen LogP contribution in [-0.2, 0) is 14.3 Å². The van der Waals surface area contributed by atoms with Crippen molar-refractivity contribution in [3.8, 4) is 0 Å². The molecule has 0 heterocycles. The number of alkyl halides is 1. The molecule has 6 nitrogen and oxygen atoms in total. The summed E-state index contributed by atoms with van der Waals surface area (Å²) in [6, 6.07) is -0.347. The van der Waals surface area contributed by atoms with Crippen LogP contribution in [0.4, 0.5) is 4.79 Å². The summed E-state index contributed by atoms with van der Waals surface area (Å²) in [6.45, 7) is -0.413. The second kappa shape index (κ2) is 5.61. The van der Waals surface area contributed by atoms with Crippen molar-refractivity contribution < 1.29 is 19.1 Å². The number of imide groups is 1. The van der Waals surface area contributed by atoms with Crippen molar-refractivity contribution in [1.29, 1.82) is 0 Å². The maximum atomic E-state index is 12.7. The molecule has 4 bridgehead atoms. The van der Waals surface area contributed by atoms with Gasteiger partial charge in [0.25, 0.3) is 5.91 Å². The predicted octanol–water partition coefficient (Wildman–Crippen LogP) is 2.10. The van der Waals surface area contributed by atoms with E-state index in [-0.39, 0.29) is 16.9 Å². The molecule has 3 amide bonds. The number of carbonyl (C=O) groups excluding carboxylic acids is 3. The fraction of sp³-hybridized carbons (Fsp3) is 0.824. The Kier molecular flexibility index (Phi) is 3.79. The first-order chi connectivity index (χ1) is 11.4. The van der Waals surface area contributed by atoms with Crippen LogP contribution in [0.5, 0.6) is 0 Å². The summed E-state index contributed by atoms with van der Waals surface area (Å²) >= 11 is 6.71. The summed E-state index contributed by atoms with van der Waals surface area (Å²) in [6.07, 6.45) is 7.32. The van der Waals surface area contributed by atoms with Gasteiger partial charge in [0, 0.05) is 10.9 Å². The van der Waals surface area contributed by atoms with Gasteiger partial charge in [0.05, 0.1) is 5.41 Å². The lowest BCUT2D eigenvalue weighted by molar-refractivity contribution is -0.171. The number of nitrogens with one attached hydrogen (secondary N) is 2. The van der Waals surface area contributed by atoms with E-state index in [1.54, 1.807) is 0 Å². The van der Waals surface area contributed by atoms with Crippen LogP contribution in [0.2, 0.25) is 0 Å². The zero-order valence-electron chi connectivity index (χ0n) is 13.6. The summed E-state index contributed by atoms with van der Waals surface area (Å²) in [5.41, 5.74) is -0.525. The second-order valence-corrected chi connectivity index (χ2v) is 9.07. The summed E-state index contributed by atoms with van der Waals surface area (Å²) in [5, 5.41) is 4.85. The van der Waals surface area contributed by atoms with Crippen LogP contribution in [0.3, 0.4) is 0 Å². The molecular weight excluding hydrogens is 332 g/mol. The molecule has 7 heteroatoms. The van der Waals surface area contributed by atoms with E-state index in [1.807, 2.05) is 0 Å². The lowest BCUT2D eigenvalue weighted by Gasteiger charge is -2.58. The largest absolute Gasteiger partial charge is 0.455 e. The van der Waals surface area contributed by atoms with Crippen LogP contribution in [-0.4, -0.2) is 35.4 Å². The average molecular weight is 355 g/mol. The number of esters is 1. The Bertz CT molecular complexity index is 575. The molecule has 132 valence electrons. The van der Waals surface area contributed by atoms with Gasteiger partial charge in [-0.25, -0.2) is 4.79 Å². The van der Waals surface area contributed by atoms with E-state index in [0.29, 0.717) is 18.3 Å². The standard InChI is InChI=1S/C17H23ClN2O4/c18-17-6-10-3-11(7-17)5-16(4-10,9-17)14(22)24-8-13(21)20-15(23)19-12-1-2-12/h10-12H,1-9H2,(H2,19,20,21,23)/t10-,11-,16?,17?/m0/s1. The Hall–Kier alpha value is -1.30. The molecule has 2 N–H and O–H groups in total. The predicted molar refractivity (Wildman–Crippen MR) is 86.4 cm³/mol. The fourth-order valence-electron chi connectivity index (χ4n) is 5.29. The van der Waals surface area contributed by atoms with Crippen LogP contribution in [0.1, 0.15) is 51.4 Å². The lowest BCUT2D eigenvalue weighted by atomic mass is 9.49. The number of urea groups is 1. The Labute approximate surface area is 146 Å². The Balaban J connectivity index is 1.31. The Morgan fingerprint density at radius 1 is 1.08 bits per heavy atom. The van der Waals surface area contributed by atoms with Gasteiger partial charge in [-0.05, 0) is 63.2 Å².